The Balaban J connectivity index is 1.58. The van der Waals surface area contributed by atoms with Crippen molar-refractivity contribution in [3.8, 4) is 17.6 Å². The number of ether oxygens (including phenoxy) is 1. The smallest absolute Gasteiger partial charge is 0.422 e. The molecule has 1 saturated carbocycles. The Hall–Kier alpha value is -3.57. The van der Waals surface area contributed by atoms with Crippen LogP contribution >= 0.6 is 0 Å². The van der Waals surface area contributed by atoms with Gasteiger partial charge in [-0.2, -0.15) is 26.3 Å². The third-order valence-electron chi connectivity index (χ3n) is 7.43. The molecule has 0 spiro atoms. The first kappa shape index (κ1) is 33.3. The molecule has 2 N–H and O–H groups in total. The lowest BCUT2D eigenvalue weighted by Gasteiger charge is -2.33. The SMILES string of the molecule is CN(C)[C@H]1CC[C@H](Nc2cccc3c2cc(C#CCNc2ccc(S(C)(=O)=O)cc2OCC(F)(F)F)n3CC(F)(F)F)CC1. The van der Waals surface area contributed by atoms with Crippen molar-refractivity contribution in [3.05, 3.63) is 48.2 Å². The Bertz CT molecular complexity index is 1630. The number of aromatic nitrogens is 1. The van der Waals surface area contributed by atoms with Crippen molar-refractivity contribution in [1.82, 2.24) is 9.47 Å². The molecule has 14 heteroatoms. The summed E-state index contributed by atoms with van der Waals surface area (Å²) in [5.41, 5.74) is 1.24. The van der Waals surface area contributed by atoms with Gasteiger partial charge in [0.05, 0.1) is 28.3 Å². The van der Waals surface area contributed by atoms with Gasteiger partial charge in [-0.15, -0.1) is 0 Å². The van der Waals surface area contributed by atoms with Crippen LogP contribution in [-0.2, 0) is 16.4 Å². The van der Waals surface area contributed by atoms with E-state index in [1.54, 1.807) is 18.2 Å². The molecule has 1 aliphatic rings. The number of nitrogens with zero attached hydrogens (tertiary/aromatic N) is 2. The molecule has 0 saturated heterocycles. The maximum absolute atomic E-state index is 13.6. The average molecular weight is 645 g/mol. The van der Waals surface area contributed by atoms with E-state index in [1.807, 2.05) is 6.07 Å². The van der Waals surface area contributed by atoms with Crippen LogP contribution in [0, 0.1) is 11.8 Å². The monoisotopic (exact) mass is 644 g/mol. The third-order valence-corrected chi connectivity index (χ3v) is 8.54. The molecule has 1 aromatic heterocycles. The molecule has 4 rings (SSSR count). The minimum absolute atomic E-state index is 0.0438. The number of anilines is 2. The van der Waals surface area contributed by atoms with Crippen LogP contribution in [0.4, 0.5) is 37.7 Å². The summed E-state index contributed by atoms with van der Waals surface area (Å²) < 4.78 is 109. The molecule has 0 amide bonds. The van der Waals surface area contributed by atoms with Gasteiger partial charge in [0, 0.05) is 35.5 Å². The zero-order valence-corrected chi connectivity index (χ0v) is 25.3. The molecule has 1 fully saturated rings. The maximum Gasteiger partial charge on any atom is 0.422 e. The van der Waals surface area contributed by atoms with Crippen molar-refractivity contribution in [3.63, 3.8) is 0 Å². The number of fused-ring (bicyclic) bond motifs is 1. The fourth-order valence-electron chi connectivity index (χ4n) is 5.25. The largest absolute Gasteiger partial charge is 0.482 e. The summed E-state index contributed by atoms with van der Waals surface area (Å²) in [7, 11) is 0.375. The zero-order chi connectivity index (χ0) is 32.3. The fraction of sp³-hybridized carbons (Fsp3) is 0.467. The summed E-state index contributed by atoms with van der Waals surface area (Å²) in [5.74, 6) is 5.13. The van der Waals surface area contributed by atoms with Crippen LogP contribution < -0.4 is 15.4 Å². The van der Waals surface area contributed by atoms with E-state index in [0.29, 0.717) is 16.9 Å². The summed E-state index contributed by atoms with van der Waals surface area (Å²) in [6, 6.07) is 10.8. The predicted molar refractivity (Wildman–Crippen MR) is 158 cm³/mol. The molecule has 0 radical (unpaired) electrons. The van der Waals surface area contributed by atoms with E-state index in [-0.39, 0.29) is 34.6 Å². The highest BCUT2D eigenvalue weighted by molar-refractivity contribution is 7.90. The highest BCUT2D eigenvalue weighted by Gasteiger charge is 2.31. The Morgan fingerprint density at radius 1 is 0.977 bits per heavy atom. The maximum atomic E-state index is 13.6. The van der Waals surface area contributed by atoms with Crippen LogP contribution in [-0.4, -0.2) is 75.8 Å². The number of hydrogen-bond acceptors (Lipinski definition) is 6. The minimum Gasteiger partial charge on any atom is -0.482 e. The normalized spacial score (nSPS) is 17.8. The number of alkyl halides is 6. The fourth-order valence-corrected chi connectivity index (χ4v) is 5.89. The Labute approximate surface area is 252 Å². The quantitative estimate of drug-likeness (QED) is 0.211. The molecule has 1 aliphatic carbocycles. The molecule has 240 valence electrons. The van der Waals surface area contributed by atoms with Gasteiger partial charge in [0.2, 0.25) is 0 Å². The van der Waals surface area contributed by atoms with Gasteiger partial charge in [-0.25, -0.2) is 8.42 Å². The molecule has 0 atom stereocenters. The summed E-state index contributed by atoms with van der Waals surface area (Å²) >= 11 is 0. The third kappa shape index (κ3) is 8.98. The lowest BCUT2D eigenvalue weighted by Crippen LogP contribution is -2.36. The second-order valence-electron chi connectivity index (χ2n) is 11.1. The summed E-state index contributed by atoms with van der Waals surface area (Å²) in [6.07, 6.45) is -4.38. The second kappa shape index (κ2) is 13.2. The second-order valence-corrected chi connectivity index (χ2v) is 13.1. The van der Waals surface area contributed by atoms with E-state index < -0.39 is 35.3 Å². The van der Waals surface area contributed by atoms with E-state index in [0.717, 1.165) is 48.3 Å². The number of halogens is 6. The van der Waals surface area contributed by atoms with Gasteiger partial charge in [0.25, 0.3) is 0 Å². The number of benzene rings is 2. The van der Waals surface area contributed by atoms with Gasteiger partial charge in [0.15, 0.2) is 16.4 Å². The molecule has 7 nitrogen and oxygen atoms in total. The number of sulfone groups is 1. The topological polar surface area (TPSA) is 75.6 Å². The van der Waals surface area contributed by atoms with Gasteiger partial charge >= 0.3 is 12.4 Å². The van der Waals surface area contributed by atoms with E-state index in [4.69, 9.17) is 4.74 Å². The van der Waals surface area contributed by atoms with Crippen molar-refractivity contribution in [2.24, 2.45) is 0 Å². The van der Waals surface area contributed by atoms with Gasteiger partial charge in [0.1, 0.15) is 12.3 Å². The van der Waals surface area contributed by atoms with E-state index in [2.05, 4.69) is 41.5 Å². The number of rotatable bonds is 9. The van der Waals surface area contributed by atoms with E-state index >= 15 is 0 Å². The lowest BCUT2D eigenvalue weighted by molar-refractivity contribution is -0.153. The molecule has 44 heavy (non-hydrogen) atoms. The van der Waals surface area contributed by atoms with Gasteiger partial charge in [-0.3, -0.25) is 0 Å². The first-order chi connectivity index (χ1) is 20.5. The Morgan fingerprint density at radius 3 is 2.30 bits per heavy atom. The zero-order valence-electron chi connectivity index (χ0n) is 24.4. The Kier molecular flexibility index (Phi) is 9.99. The van der Waals surface area contributed by atoms with Gasteiger partial charge in [-0.1, -0.05) is 12.0 Å². The first-order valence-electron chi connectivity index (χ1n) is 13.9. The van der Waals surface area contributed by atoms with Crippen molar-refractivity contribution < 1.29 is 39.5 Å². The van der Waals surface area contributed by atoms with Crippen molar-refractivity contribution in [2.75, 3.05) is 44.1 Å². The highest BCUT2D eigenvalue weighted by Crippen LogP contribution is 2.33. The van der Waals surface area contributed by atoms with Crippen LogP contribution in [0.1, 0.15) is 31.4 Å². The van der Waals surface area contributed by atoms with E-state index in [1.165, 1.54) is 12.1 Å². The van der Waals surface area contributed by atoms with Crippen LogP contribution in [0.2, 0.25) is 0 Å². The summed E-state index contributed by atoms with van der Waals surface area (Å²) in [4.78, 5) is 1.97. The molecule has 1 heterocycles. The van der Waals surface area contributed by atoms with Crippen LogP contribution in [0.5, 0.6) is 5.75 Å². The summed E-state index contributed by atoms with van der Waals surface area (Å²) in [6.45, 7) is -3.08. The number of nitrogens with one attached hydrogen (secondary N) is 2. The van der Waals surface area contributed by atoms with Crippen LogP contribution in [0.3, 0.4) is 0 Å². The highest BCUT2D eigenvalue weighted by atomic mass is 32.2. The van der Waals surface area contributed by atoms with Crippen molar-refractivity contribution in [1.29, 1.82) is 0 Å². The van der Waals surface area contributed by atoms with E-state index in [9.17, 15) is 34.8 Å². The molecule has 0 unspecified atom stereocenters. The molecule has 0 bridgehead atoms. The standard InChI is InChI=1S/C30H34F6N4O3S/c1-39(2)21-11-9-20(10-12-21)38-25-7-4-8-27-24(25)16-22(40(27)18-29(31,32)33)6-5-15-37-26-14-13-23(44(3,41)42)17-28(26)43-19-30(34,35)36/h4,7-8,13-14,16-17,20-21,37-38H,9-12,15,18-19H2,1-3H3/t20-,21-. The van der Waals surface area contributed by atoms with Crippen LogP contribution in [0.15, 0.2) is 47.4 Å². The van der Waals surface area contributed by atoms with Crippen LogP contribution in [0.25, 0.3) is 10.9 Å². The minimum atomic E-state index is -4.66. The molecule has 3 aromatic rings. The molecule has 2 aromatic carbocycles. The summed E-state index contributed by atoms with van der Waals surface area (Å²) in [5, 5.41) is 6.88. The van der Waals surface area contributed by atoms with Gasteiger partial charge < -0.3 is 24.8 Å². The predicted octanol–water partition coefficient (Wildman–Crippen LogP) is 6.30. The number of hydrogen-bond donors (Lipinski definition) is 2. The first-order valence-corrected chi connectivity index (χ1v) is 15.8. The van der Waals surface area contributed by atoms with Crippen molar-refractivity contribution in [2.45, 2.75) is 61.6 Å². The molecule has 0 aliphatic heterocycles. The molecular weight excluding hydrogens is 610 g/mol. The average Bonchev–Trinajstić information content (AvgIpc) is 3.26. The van der Waals surface area contributed by atoms with Crippen molar-refractivity contribution >= 4 is 32.1 Å². The lowest BCUT2D eigenvalue weighted by atomic mass is 9.90. The van der Waals surface area contributed by atoms with Gasteiger partial charge in [-0.05, 0) is 76.0 Å². The Morgan fingerprint density at radius 2 is 1.68 bits per heavy atom. The molecular formula is C30H34F6N4O3S.